The van der Waals surface area contributed by atoms with Crippen molar-refractivity contribution >= 4 is 34.8 Å². The Kier molecular flexibility index (Phi) is 9.32. The van der Waals surface area contributed by atoms with E-state index in [0.29, 0.717) is 16.3 Å². The number of hydrogen-bond donors (Lipinski definition) is 2. The normalized spacial score (nSPS) is 12.1. The Hall–Kier alpha value is -2.87. The van der Waals surface area contributed by atoms with Gasteiger partial charge in [-0.1, -0.05) is 29.8 Å². The van der Waals surface area contributed by atoms with Crippen LogP contribution in [-0.4, -0.2) is 35.3 Å². The van der Waals surface area contributed by atoms with Gasteiger partial charge in [0.05, 0.1) is 22.8 Å². The fourth-order valence-electron chi connectivity index (χ4n) is 3.65. The van der Waals surface area contributed by atoms with E-state index in [-0.39, 0.29) is 31.1 Å². The topological polar surface area (TPSA) is 84.9 Å². The summed E-state index contributed by atoms with van der Waals surface area (Å²) in [4.78, 5) is 24.6. The minimum absolute atomic E-state index is 0.000193. The van der Waals surface area contributed by atoms with Gasteiger partial charge in [-0.3, -0.25) is 4.79 Å². The summed E-state index contributed by atoms with van der Waals surface area (Å²) in [6.07, 6.45) is -0.932. The number of carbonyl (C=O) groups is 2. The van der Waals surface area contributed by atoms with Crippen molar-refractivity contribution in [3.05, 3.63) is 74.9 Å². The molecule has 0 fully saturated rings. The zero-order valence-electron chi connectivity index (χ0n) is 20.2. The molecule has 0 aliphatic carbocycles. The van der Waals surface area contributed by atoms with Crippen molar-refractivity contribution in [2.45, 2.75) is 59.0 Å². The quantitative estimate of drug-likeness (QED) is 0.317. The Labute approximate surface area is 214 Å². The summed E-state index contributed by atoms with van der Waals surface area (Å²) in [6, 6.07) is 12.8. The molecule has 0 spiro atoms. The molecule has 1 heterocycles. The zero-order valence-corrected chi connectivity index (χ0v) is 21.8. The van der Waals surface area contributed by atoms with Crippen LogP contribution >= 0.6 is 22.9 Å². The summed E-state index contributed by atoms with van der Waals surface area (Å²) in [5.74, 6) is -0.708. The van der Waals surface area contributed by atoms with Crippen molar-refractivity contribution in [2.24, 2.45) is 0 Å². The lowest BCUT2D eigenvalue weighted by Gasteiger charge is -2.18. The molecular weight excluding hydrogens is 486 g/mol. The number of benzene rings is 2. The molecule has 186 valence electrons. The van der Waals surface area contributed by atoms with E-state index in [1.807, 2.05) is 62.7 Å². The Bertz CT molecular complexity index is 1160. The molecule has 35 heavy (non-hydrogen) atoms. The van der Waals surface area contributed by atoms with Gasteiger partial charge in [0.2, 0.25) is 0 Å². The number of thiophene rings is 1. The average molecular weight is 516 g/mol. The molecule has 3 aromatic rings. The SMILES string of the molecule is CC(C)Oc1ccc(C(=O)NCc2cc(CC(OC(C)C)C(=O)O)ccc2-c2ccsc2)c(Cl)c1. The number of halogens is 1. The van der Waals surface area contributed by atoms with Crippen LogP contribution in [0.4, 0.5) is 0 Å². The van der Waals surface area contributed by atoms with E-state index in [4.69, 9.17) is 21.1 Å². The number of nitrogens with one attached hydrogen (secondary N) is 1. The molecule has 0 saturated heterocycles. The second-order valence-corrected chi connectivity index (χ2v) is 9.90. The third kappa shape index (κ3) is 7.56. The largest absolute Gasteiger partial charge is 0.491 e. The molecule has 3 rings (SSSR count). The Balaban J connectivity index is 1.82. The highest BCUT2D eigenvalue weighted by Crippen LogP contribution is 2.28. The summed E-state index contributed by atoms with van der Waals surface area (Å²) in [6.45, 7) is 7.70. The van der Waals surface area contributed by atoms with E-state index in [0.717, 1.165) is 22.3 Å². The number of carboxylic acids is 1. The van der Waals surface area contributed by atoms with Crippen LogP contribution < -0.4 is 10.1 Å². The number of ether oxygens (including phenoxy) is 2. The minimum atomic E-state index is -1.00. The Morgan fingerprint density at radius 2 is 1.83 bits per heavy atom. The van der Waals surface area contributed by atoms with Gasteiger partial charge in [0.1, 0.15) is 5.75 Å². The van der Waals surface area contributed by atoms with E-state index < -0.39 is 12.1 Å². The van der Waals surface area contributed by atoms with Gasteiger partial charge in [0, 0.05) is 13.0 Å². The molecule has 0 aliphatic heterocycles. The first-order chi connectivity index (χ1) is 16.6. The third-order valence-electron chi connectivity index (χ3n) is 5.13. The standard InChI is InChI=1S/C27H30ClNO5S/c1-16(2)33-21-6-8-23(24(28)13-21)26(30)29-14-20-11-18(12-25(27(31)32)34-17(3)4)5-7-22(20)19-9-10-35-15-19/h5-11,13,15-17,25H,12,14H2,1-4H3,(H,29,30)(H,31,32). The first-order valence-corrected chi connectivity index (χ1v) is 12.7. The maximum absolute atomic E-state index is 12.9. The van der Waals surface area contributed by atoms with E-state index in [1.165, 1.54) is 0 Å². The predicted octanol–water partition coefficient (Wildman–Crippen LogP) is 6.21. The molecule has 8 heteroatoms. The third-order valence-corrected chi connectivity index (χ3v) is 6.13. The number of aliphatic carboxylic acids is 1. The molecule has 1 unspecified atom stereocenters. The van der Waals surface area contributed by atoms with Crippen LogP contribution in [0.5, 0.6) is 5.75 Å². The lowest BCUT2D eigenvalue weighted by molar-refractivity contribution is -0.153. The van der Waals surface area contributed by atoms with Crippen molar-refractivity contribution < 1.29 is 24.2 Å². The van der Waals surface area contributed by atoms with E-state index in [2.05, 4.69) is 5.32 Å². The zero-order chi connectivity index (χ0) is 25.5. The molecule has 0 aliphatic rings. The molecule has 2 aromatic carbocycles. The molecule has 0 saturated carbocycles. The maximum Gasteiger partial charge on any atom is 0.333 e. The van der Waals surface area contributed by atoms with Crippen molar-refractivity contribution in [1.82, 2.24) is 5.32 Å². The maximum atomic E-state index is 12.9. The van der Waals surface area contributed by atoms with E-state index >= 15 is 0 Å². The van der Waals surface area contributed by atoms with Crippen LogP contribution in [0.15, 0.2) is 53.2 Å². The van der Waals surface area contributed by atoms with E-state index in [1.54, 1.807) is 29.5 Å². The fraction of sp³-hybridized carbons (Fsp3) is 0.333. The number of amides is 1. The number of rotatable bonds is 11. The number of hydrogen-bond acceptors (Lipinski definition) is 5. The highest BCUT2D eigenvalue weighted by Gasteiger charge is 2.21. The first-order valence-electron chi connectivity index (χ1n) is 11.4. The summed E-state index contributed by atoms with van der Waals surface area (Å²) < 4.78 is 11.2. The number of carboxylic acid groups (broad SMARTS) is 1. The minimum Gasteiger partial charge on any atom is -0.491 e. The molecular formula is C27H30ClNO5S. The molecule has 0 radical (unpaired) electrons. The van der Waals surface area contributed by atoms with Crippen molar-refractivity contribution in [3.63, 3.8) is 0 Å². The van der Waals surface area contributed by atoms with Gasteiger partial charge in [-0.25, -0.2) is 4.79 Å². The lowest BCUT2D eigenvalue weighted by Crippen LogP contribution is -2.29. The molecule has 6 nitrogen and oxygen atoms in total. The summed E-state index contributed by atoms with van der Waals surface area (Å²) in [5.41, 5.74) is 4.05. The van der Waals surface area contributed by atoms with Crippen LogP contribution in [-0.2, 0) is 22.5 Å². The highest BCUT2D eigenvalue weighted by atomic mass is 35.5. The van der Waals surface area contributed by atoms with E-state index in [9.17, 15) is 14.7 Å². The lowest BCUT2D eigenvalue weighted by atomic mass is 9.97. The summed E-state index contributed by atoms with van der Waals surface area (Å²) >= 11 is 7.93. The smallest absolute Gasteiger partial charge is 0.333 e. The molecule has 1 atom stereocenters. The average Bonchev–Trinajstić information content (AvgIpc) is 3.31. The molecule has 1 aromatic heterocycles. The fourth-order valence-corrected chi connectivity index (χ4v) is 4.56. The van der Waals surface area contributed by atoms with Gasteiger partial charge in [0.25, 0.3) is 5.91 Å². The van der Waals surface area contributed by atoms with Crippen LogP contribution in [0.1, 0.15) is 49.2 Å². The first kappa shape index (κ1) is 26.7. The van der Waals surface area contributed by atoms with Gasteiger partial charge >= 0.3 is 5.97 Å². The molecule has 1 amide bonds. The molecule has 2 N–H and O–H groups in total. The predicted molar refractivity (Wildman–Crippen MR) is 139 cm³/mol. The highest BCUT2D eigenvalue weighted by molar-refractivity contribution is 7.08. The second kappa shape index (κ2) is 12.2. The summed E-state index contributed by atoms with van der Waals surface area (Å²) in [7, 11) is 0. The van der Waals surface area contributed by atoms with Gasteiger partial charge in [-0.2, -0.15) is 11.3 Å². The van der Waals surface area contributed by atoms with Crippen LogP contribution in [0.3, 0.4) is 0 Å². The summed E-state index contributed by atoms with van der Waals surface area (Å²) in [5, 5.41) is 16.8. The van der Waals surface area contributed by atoms with Crippen molar-refractivity contribution in [3.8, 4) is 16.9 Å². The molecule has 0 bridgehead atoms. The Morgan fingerprint density at radius 3 is 2.43 bits per heavy atom. The number of carbonyl (C=O) groups excluding carboxylic acids is 1. The van der Waals surface area contributed by atoms with Crippen LogP contribution in [0.25, 0.3) is 11.1 Å². The van der Waals surface area contributed by atoms with Gasteiger partial charge in [0.15, 0.2) is 6.10 Å². The van der Waals surface area contributed by atoms with Crippen molar-refractivity contribution in [1.29, 1.82) is 0 Å². The monoisotopic (exact) mass is 515 g/mol. The Morgan fingerprint density at radius 1 is 1.06 bits per heavy atom. The van der Waals surface area contributed by atoms with Crippen LogP contribution in [0, 0.1) is 0 Å². The van der Waals surface area contributed by atoms with Gasteiger partial charge in [-0.05, 0) is 85.0 Å². The van der Waals surface area contributed by atoms with Crippen molar-refractivity contribution in [2.75, 3.05) is 0 Å². The van der Waals surface area contributed by atoms with Gasteiger partial charge in [-0.15, -0.1) is 0 Å². The second-order valence-electron chi connectivity index (χ2n) is 8.71. The van der Waals surface area contributed by atoms with Gasteiger partial charge < -0.3 is 19.9 Å². The van der Waals surface area contributed by atoms with Crippen LogP contribution in [0.2, 0.25) is 5.02 Å².